The molecule has 1 aliphatic carbocycles. The summed E-state index contributed by atoms with van der Waals surface area (Å²) < 4.78 is 19.0. The van der Waals surface area contributed by atoms with Gasteiger partial charge in [-0.1, -0.05) is 0 Å². The van der Waals surface area contributed by atoms with Crippen LogP contribution in [0.4, 0.5) is 10.1 Å². The number of benzene rings is 1. The second-order valence-electron chi connectivity index (χ2n) is 4.87. The highest BCUT2D eigenvalue weighted by Gasteiger charge is 2.19. The van der Waals surface area contributed by atoms with Crippen LogP contribution in [0, 0.1) is 5.82 Å². The highest BCUT2D eigenvalue weighted by Crippen LogP contribution is 2.36. The molecule has 2 aromatic rings. The van der Waals surface area contributed by atoms with Gasteiger partial charge in [-0.15, -0.1) is 0 Å². The molecule has 0 saturated carbocycles. The smallest absolute Gasteiger partial charge is 0.148 e. The number of fused-ring (bicyclic) bond motifs is 2. The predicted octanol–water partition coefficient (Wildman–Crippen LogP) is 3.30. The molecular weight excluding hydrogens is 243 g/mol. The Morgan fingerprint density at radius 2 is 2.05 bits per heavy atom. The van der Waals surface area contributed by atoms with E-state index in [1.54, 1.807) is 7.11 Å². The normalized spacial score (nSPS) is 14.3. The minimum Gasteiger partial charge on any atom is -0.494 e. The first kappa shape index (κ1) is 12.2. The van der Waals surface area contributed by atoms with Gasteiger partial charge in [0.25, 0.3) is 0 Å². The standard InChI is InChI=1S/C15H17FN2O/c1-17-14-10-5-3-4-6-12(10)18-15-11(14)7-9(16)8-13(15)19-2/h7-8H,3-6H2,1-2H3,(H,17,18). The fourth-order valence-electron chi connectivity index (χ4n) is 2.90. The van der Waals surface area contributed by atoms with E-state index in [0.29, 0.717) is 5.75 Å². The molecule has 0 fully saturated rings. The number of anilines is 1. The summed E-state index contributed by atoms with van der Waals surface area (Å²) in [5.74, 6) is 0.207. The Hall–Kier alpha value is -1.84. The molecule has 19 heavy (non-hydrogen) atoms. The van der Waals surface area contributed by atoms with Crippen molar-refractivity contribution in [3.8, 4) is 5.75 Å². The van der Waals surface area contributed by atoms with E-state index in [2.05, 4.69) is 5.32 Å². The first-order chi connectivity index (χ1) is 9.24. The van der Waals surface area contributed by atoms with Gasteiger partial charge in [-0.2, -0.15) is 0 Å². The minimum absolute atomic E-state index is 0.293. The summed E-state index contributed by atoms with van der Waals surface area (Å²) in [6.45, 7) is 0. The van der Waals surface area contributed by atoms with E-state index in [9.17, 15) is 4.39 Å². The van der Waals surface area contributed by atoms with Crippen LogP contribution >= 0.6 is 0 Å². The van der Waals surface area contributed by atoms with E-state index in [4.69, 9.17) is 9.72 Å². The number of ether oxygens (including phenoxy) is 1. The predicted molar refractivity (Wildman–Crippen MR) is 74.4 cm³/mol. The van der Waals surface area contributed by atoms with Crippen LogP contribution in [-0.4, -0.2) is 19.1 Å². The number of aryl methyl sites for hydroxylation is 1. The molecule has 0 amide bonds. The molecule has 3 nitrogen and oxygen atoms in total. The number of pyridine rings is 1. The second kappa shape index (κ2) is 4.68. The van der Waals surface area contributed by atoms with E-state index in [-0.39, 0.29) is 5.82 Å². The lowest BCUT2D eigenvalue weighted by Gasteiger charge is -2.21. The van der Waals surface area contributed by atoms with Gasteiger partial charge in [-0.05, 0) is 37.3 Å². The van der Waals surface area contributed by atoms with Crippen LogP contribution in [0.15, 0.2) is 12.1 Å². The van der Waals surface area contributed by atoms with Crippen LogP contribution in [-0.2, 0) is 12.8 Å². The maximum atomic E-state index is 13.7. The molecule has 0 radical (unpaired) electrons. The molecule has 1 aromatic carbocycles. The topological polar surface area (TPSA) is 34.2 Å². The van der Waals surface area contributed by atoms with Gasteiger partial charge >= 0.3 is 0 Å². The Labute approximate surface area is 111 Å². The summed E-state index contributed by atoms with van der Waals surface area (Å²) in [6, 6.07) is 2.93. The number of hydrogen-bond donors (Lipinski definition) is 1. The molecule has 0 atom stereocenters. The zero-order valence-corrected chi connectivity index (χ0v) is 11.2. The maximum Gasteiger partial charge on any atom is 0.148 e. The van der Waals surface area contributed by atoms with Crippen molar-refractivity contribution < 1.29 is 9.13 Å². The monoisotopic (exact) mass is 260 g/mol. The molecule has 100 valence electrons. The van der Waals surface area contributed by atoms with Crippen LogP contribution in [0.3, 0.4) is 0 Å². The van der Waals surface area contributed by atoms with Gasteiger partial charge in [0.15, 0.2) is 0 Å². The number of nitrogens with one attached hydrogen (secondary N) is 1. The van der Waals surface area contributed by atoms with Crippen molar-refractivity contribution in [2.75, 3.05) is 19.5 Å². The molecule has 0 unspecified atom stereocenters. The van der Waals surface area contributed by atoms with Crippen LogP contribution in [0.25, 0.3) is 10.9 Å². The third-order valence-corrected chi connectivity index (χ3v) is 3.77. The summed E-state index contributed by atoms with van der Waals surface area (Å²) in [7, 11) is 3.43. The number of rotatable bonds is 2. The maximum absolute atomic E-state index is 13.7. The van der Waals surface area contributed by atoms with Crippen molar-refractivity contribution in [2.45, 2.75) is 25.7 Å². The number of methoxy groups -OCH3 is 1. The summed E-state index contributed by atoms with van der Waals surface area (Å²) in [5, 5.41) is 4.02. The summed E-state index contributed by atoms with van der Waals surface area (Å²) in [4.78, 5) is 4.70. The van der Waals surface area contributed by atoms with E-state index >= 15 is 0 Å². The van der Waals surface area contributed by atoms with Crippen molar-refractivity contribution in [3.63, 3.8) is 0 Å². The van der Waals surface area contributed by atoms with Gasteiger partial charge in [0.2, 0.25) is 0 Å². The third-order valence-electron chi connectivity index (χ3n) is 3.77. The van der Waals surface area contributed by atoms with Crippen molar-refractivity contribution >= 4 is 16.6 Å². The number of nitrogens with zero attached hydrogens (tertiary/aromatic N) is 1. The Morgan fingerprint density at radius 1 is 1.26 bits per heavy atom. The molecule has 0 bridgehead atoms. The molecule has 1 N–H and O–H groups in total. The number of halogens is 1. The van der Waals surface area contributed by atoms with Gasteiger partial charge in [0.1, 0.15) is 17.1 Å². The van der Waals surface area contributed by atoms with Crippen molar-refractivity contribution in [1.82, 2.24) is 4.98 Å². The first-order valence-electron chi connectivity index (χ1n) is 6.61. The molecular formula is C15H17FN2O. The molecule has 4 heteroatoms. The first-order valence-corrected chi connectivity index (χ1v) is 6.61. The molecule has 1 aliphatic rings. The van der Waals surface area contributed by atoms with Crippen molar-refractivity contribution in [3.05, 3.63) is 29.2 Å². The number of aromatic nitrogens is 1. The zero-order valence-electron chi connectivity index (χ0n) is 11.2. The van der Waals surface area contributed by atoms with E-state index in [0.717, 1.165) is 41.5 Å². The summed E-state index contributed by atoms with van der Waals surface area (Å²) >= 11 is 0. The van der Waals surface area contributed by atoms with E-state index < -0.39 is 0 Å². The van der Waals surface area contributed by atoms with E-state index in [1.165, 1.54) is 24.1 Å². The Bertz CT molecular complexity index is 640. The number of hydrogen-bond acceptors (Lipinski definition) is 3. The quantitative estimate of drug-likeness (QED) is 0.899. The van der Waals surface area contributed by atoms with Crippen LogP contribution < -0.4 is 10.1 Å². The van der Waals surface area contributed by atoms with Crippen molar-refractivity contribution in [2.24, 2.45) is 0 Å². The zero-order chi connectivity index (χ0) is 13.4. The highest BCUT2D eigenvalue weighted by molar-refractivity contribution is 5.97. The minimum atomic E-state index is -0.293. The highest BCUT2D eigenvalue weighted by atomic mass is 19.1. The lowest BCUT2D eigenvalue weighted by Crippen LogP contribution is -2.10. The van der Waals surface area contributed by atoms with Crippen LogP contribution in [0.1, 0.15) is 24.1 Å². The summed E-state index contributed by atoms with van der Waals surface area (Å²) in [6.07, 6.45) is 4.33. The lowest BCUT2D eigenvalue weighted by molar-refractivity contribution is 0.415. The molecule has 1 aromatic heterocycles. The summed E-state index contributed by atoms with van der Waals surface area (Å²) in [5.41, 5.74) is 4.09. The SMILES string of the molecule is CNc1c2c(nc3c(OC)cc(F)cc13)CCCC2. The van der Waals surface area contributed by atoms with Gasteiger partial charge in [-0.3, -0.25) is 0 Å². The molecule has 0 saturated heterocycles. The lowest BCUT2D eigenvalue weighted by atomic mass is 9.92. The molecule has 0 aliphatic heterocycles. The average molecular weight is 260 g/mol. The van der Waals surface area contributed by atoms with Gasteiger partial charge in [-0.25, -0.2) is 9.37 Å². The van der Waals surface area contributed by atoms with Gasteiger partial charge < -0.3 is 10.1 Å². The van der Waals surface area contributed by atoms with Crippen molar-refractivity contribution in [1.29, 1.82) is 0 Å². The van der Waals surface area contributed by atoms with Crippen LogP contribution in [0.2, 0.25) is 0 Å². The third kappa shape index (κ3) is 1.91. The van der Waals surface area contributed by atoms with Crippen LogP contribution in [0.5, 0.6) is 5.75 Å². The Kier molecular flexibility index (Phi) is 3.01. The van der Waals surface area contributed by atoms with E-state index in [1.807, 2.05) is 7.05 Å². The fraction of sp³-hybridized carbons (Fsp3) is 0.400. The largest absolute Gasteiger partial charge is 0.494 e. The molecule has 3 rings (SSSR count). The second-order valence-corrected chi connectivity index (χ2v) is 4.87. The van der Waals surface area contributed by atoms with Gasteiger partial charge in [0, 0.05) is 29.9 Å². The van der Waals surface area contributed by atoms with Gasteiger partial charge in [0.05, 0.1) is 7.11 Å². The molecule has 1 heterocycles. The fourth-order valence-corrected chi connectivity index (χ4v) is 2.90. The average Bonchev–Trinajstić information content (AvgIpc) is 2.44. The Morgan fingerprint density at radius 3 is 2.79 bits per heavy atom. The molecule has 0 spiro atoms. The Balaban J connectivity index is 2.39.